The molecule has 1 fully saturated rings. The van der Waals surface area contributed by atoms with Crippen LogP contribution in [0.25, 0.3) is 0 Å². The molecule has 2 aliphatic heterocycles. The van der Waals surface area contributed by atoms with Gasteiger partial charge in [-0.05, 0) is 11.6 Å². The number of aliphatic hydroxyl groups excluding tert-OH is 1. The SMILES string of the molecule is COc1ccc2c3c1O[C@@H]1[C@@H](O)C=C[C@H]4[C@@H](C2)[NH+](C)CC[C@]314. The van der Waals surface area contributed by atoms with E-state index in [1.807, 2.05) is 12.1 Å². The highest BCUT2D eigenvalue weighted by Crippen LogP contribution is 2.60. The van der Waals surface area contributed by atoms with Gasteiger partial charge in [-0.25, -0.2) is 0 Å². The molecule has 2 heterocycles. The monoisotopic (exact) mass is 300 g/mol. The molecule has 2 bridgehead atoms. The Morgan fingerprint density at radius 2 is 2.23 bits per heavy atom. The van der Waals surface area contributed by atoms with Crippen molar-refractivity contribution in [3.63, 3.8) is 0 Å². The topological polar surface area (TPSA) is 43.1 Å². The molecule has 4 nitrogen and oxygen atoms in total. The highest BCUT2D eigenvalue weighted by atomic mass is 16.5. The van der Waals surface area contributed by atoms with E-state index >= 15 is 0 Å². The molecule has 116 valence electrons. The van der Waals surface area contributed by atoms with Gasteiger partial charge in [-0.2, -0.15) is 0 Å². The van der Waals surface area contributed by atoms with E-state index in [4.69, 9.17) is 9.47 Å². The molecule has 6 atom stereocenters. The Balaban J connectivity index is 1.82. The zero-order valence-electron chi connectivity index (χ0n) is 13.0. The van der Waals surface area contributed by atoms with Gasteiger partial charge in [0, 0.05) is 24.3 Å². The first-order valence-electron chi connectivity index (χ1n) is 8.22. The highest BCUT2D eigenvalue weighted by molar-refractivity contribution is 5.61. The van der Waals surface area contributed by atoms with E-state index in [-0.39, 0.29) is 11.5 Å². The normalized spacial score (nSPS) is 43.5. The van der Waals surface area contributed by atoms with Crippen molar-refractivity contribution in [2.45, 2.75) is 36.5 Å². The van der Waals surface area contributed by atoms with Crippen molar-refractivity contribution in [2.75, 3.05) is 20.7 Å². The Bertz CT molecular complexity index is 685. The number of ether oxygens (including phenoxy) is 2. The number of hydrogen-bond acceptors (Lipinski definition) is 3. The fourth-order valence-corrected chi connectivity index (χ4v) is 5.53. The molecule has 2 aliphatic carbocycles. The maximum absolute atomic E-state index is 10.6. The summed E-state index contributed by atoms with van der Waals surface area (Å²) in [6.45, 7) is 1.14. The van der Waals surface area contributed by atoms with Crippen LogP contribution >= 0.6 is 0 Å². The van der Waals surface area contributed by atoms with E-state index < -0.39 is 6.10 Å². The summed E-state index contributed by atoms with van der Waals surface area (Å²) in [5.41, 5.74) is 2.66. The van der Waals surface area contributed by atoms with Crippen LogP contribution in [0.15, 0.2) is 24.3 Å². The Labute approximate surface area is 130 Å². The molecule has 1 aromatic rings. The molecule has 1 aromatic carbocycles. The van der Waals surface area contributed by atoms with Crippen molar-refractivity contribution >= 4 is 0 Å². The maximum Gasteiger partial charge on any atom is 0.165 e. The average Bonchev–Trinajstić information content (AvgIpc) is 2.88. The van der Waals surface area contributed by atoms with Crippen LogP contribution in [0.5, 0.6) is 11.5 Å². The number of piperidine rings is 1. The third-order valence-electron chi connectivity index (χ3n) is 6.51. The van der Waals surface area contributed by atoms with Crippen molar-refractivity contribution in [3.8, 4) is 11.5 Å². The molecular formula is C18H22NO3+. The molecule has 5 rings (SSSR count). The van der Waals surface area contributed by atoms with Gasteiger partial charge in [0.05, 0.1) is 32.2 Å². The zero-order valence-corrected chi connectivity index (χ0v) is 13.0. The number of aliphatic hydroxyl groups is 1. The first-order valence-corrected chi connectivity index (χ1v) is 8.22. The van der Waals surface area contributed by atoms with Crippen LogP contribution in [0.1, 0.15) is 17.5 Å². The van der Waals surface area contributed by atoms with E-state index in [1.165, 1.54) is 11.1 Å². The second-order valence-corrected chi connectivity index (χ2v) is 7.27. The van der Waals surface area contributed by atoms with E-state index in [2.05, 4.69) is 19.2 Å². The number of hydrogen-bond donors (Lipinski definition) is 2. The summed E-state index contributed by atoms with van der Waals surface area (Å²) in [6, 6.07) is 4.81. The van der Waals surface area contributed by atoms with Crippen molar-refractivity contribution in [3.05, 3.63) is 35.4 Å². The molecule has 22 heavy (non-hydrogen) atoms. The molecule has 1 unspecified atom stereocenters. The van der Waals surface area contributed by atoms with Gasteiger partial charge in [-0.3, -0.25) is 0 Å². The van der Waals surface area contributed by atoms with Crippen LogP contribution in [0, 0.1) is 5.92 Å². The summed E-state index contributed by atoms with van der Waals surface area (Å²) in [5.74, 6) is 2.14. The molecule has 0 aromatic heterocycles. The summed E-state index contributed by atoms with van der Waals surface area (Å²) in [6.07, 6.45) is 5.67. The summed E-state index contributed by atoms with van der Waals surface area (Å²) < 4.78 is 11.8. The second-order valence-electron chi connectivity index (χ2n) is 7.27. The molecule has 0 saturated carbocycles. The Kier molecular flexibility index (Phi) is 2.39. The van der Waals surface area contributed by atoms with Crippen LogP contribution in [-0.2, 0) is 11.8 Å². The van der Waals surface area contributed by atoms with Gasteiger partial charge in [0.15, 0.2) is 11.5 Å². The van der Waals surface area contributed by atoms with Gasteiger partial charge in [0.2, 0.25) is 0 Å². The minimum absolute atomic E-state index is 0.0597. The zero-order chi connectivity index (χ0) is 15.1. The number of nitrogens with one attached hydrogen (secondary N) is 1. The number of rotatable bonds is 1. The van der Waals surface area contributed by atoms with Gasteiger partial charge < -0.3 is 19.5 Å². The smallest absolute Gasteiger partial charge is 0.165 e. The van der Waals surface area contributed by atoms with Crippen LogP contribution in [0.3, 0.4) is 0 Å². The minimum atomic E-state index is -0.529. The lowest BCUT2D eigenvalue weighted by Crippen LogP contribution is -3.16. The second kappa shape index (κ2) is 4.06. The van der Waals surface area contributed by atoms with Crippen LogP contribution in [-0.4, -0.2) is 44.1 Å². The summed E-state index contributed by atoms with van der Waals surface area (Å²) in [7, 11) is 3.99. The number of quaternary nitrogens is 1. The van der Waals surface area contributed by atoms with Crippen LogP contribution < -0.4 is 14.4 Å². The third-order valence-corrected chi connectivity index (χ3v) is 6.51. The lowest BCUT2D eigenvalue weighted by atomic mass is 9.53. The summed E-state index contributed by atoms with van der Waals surface area (Å²) in [5, 5.41) is 10.6. The Hall–Kier alpha value is -1.52. The summed E-state index contributed by atoms with van der Waals surface area (Å²) >= 11 is 0. The molecular weight excluding hydrogens is 278 g/mol. The predicted molar refractivity (Wildman–Crippen MR) is 81.6 cm³/mol. The Morgan fingerprint density at radius 1 is 1.36 bits per heavy atom. The minimum Gasteiger partial charge on any atom is -0.493 e. The third kappa shape index (κ3) is 1.28. The van der Waals surface area contributed by atoms with Crippen molar-refractivity contribution in [1.29, 1.82) is 0 Å². The molecule has 2 N–H and O–H groups in total. The number of likely N-dealkylation sites (tertiary alicyclic amines) is 1. The molecule has 0 amide bonds. The van der Waals surface area contributed by atoms with E-state index in [0.29, 0.717) is 12.0 Å². The first kappa shape index (κ1) is 13.0. The van der Waals surface area contributed by atoms with Crippen molar-refractivity contribution in [2.24, 2.45) is 5.92 Å². The number of benzene rings is 1. The molecule has 4 aliphatic rings. The average molecular weight is 300 g/mol. The maximum atomic E-state index is 10.6. The summed E-state index contributed by atoms with van der Waals surface area (Å²) in [4.78, 5) is 1.60. The molecule has 1 spiro atoms. The lowest BCUT2D eigenvalue weighted by molar-refractivity contribution is -0.917. The number of methoxy groups -OCH3 is 1. The molecule has 4 heteroatoms. The molecule has 0 radical (unpaired) electrons. The van der Waals surface area contributed by atoms with Gasteiger partial charge >= 0.3 is 0 Å². The fraction of sp³-hybridized carbons (Fsp3) is 0.556. The van der Waals surface area contributed by atoms with Gasteiger partial charge in [-0.1, -0.05) is 18.2 Å². The standard InChI is InChI=1S/C18H21NO3/c1-19-8-7-18-11-4-5-13(20)17(18)22-16-14(21-2)6-3-10(15(16)18)9-12(11)19/h3-6,11-13,17,20H,7-9H2,1-2H3/p+1/t11-,12+,13-,17+,18-/m0/s1. The van der Waals surface area contributed by atoms with Crippen LogP contribution in [0.4, 0.5) is 0 Å². The first-order chi connectivity index (χ1) is 10.7. The van der Waals surface area contributed by atoms with Gasteiger partial charge in [-0.15, -0.1) is 0 Å². The lowest BCUT2D eigenvalue weighted by Gasteiger charge is -2.54. The van der Waals surface area contributed by atoms with E-state index in [1.54, 1.807) is 12.0 Å². The predicted octanol–water partition coefficient (Wildman–Crippen LogP) is 0.0840. The van der Waals surface area contributed by atoms with E-state index in [9.17, 15) is 5.11 Å². The quantitative estimate of drug-likeness (QED) is 0.722. The van der Waals surface area contributed by atoms with Crippen molar-refractivity contribution < 1.29 is 19.5 Å². The van der Waals surface area contributed by atoms with Gasteiger partial charge in [0.1, 0.15) is 12.2 Å². The fourth-order valence-electron chi connectivity index (χ4n) is 5.53. The largest absolute Gasteiger partial charge is 0.493 e. The Morgan fingerprint density at radius 3 is 3.05 bits per heavy atom. The van der Waals surface area contributed by atoms with Crippen LogP contribution in [0.2, 0.25) is 0 Å². The highest BCUT2D eigenvalue weighted by Gasteiger charge is 2.65. The van der Waals surface area contributed by atoms with E-state index in [0.717, 1.165) is 30.9 Å². The molecule has 1 saturated heterocycles. The van der Waals surface area contributed by atoms with Gasteiger partial charge in [0.25, 0.3) is 0 Å². The number of likely N-dealkylation sites (N-methyl/N-ethyl adjacent to an activating group) is 1. The van der Waals surface area contributed by atoms with Crippen molar-refractivity contribution in [1.82, 2.24) is 0 Å².